The normalized spacial score (nSPS) is 12.5. The maximum atomic E-state index is 13.0. The molecule has 0 aliphatic rings. The Hall–Kier alpha value is -3.38. The molecule has 0 unspecified atom stereocenters. The summed E-state index contributed by atoms with van der Waals surface area (Å²) in [5.41, 5.74) is 3.08. The molecule has 2 amide bonds. The predicted octanol–water partition coefficient (Wildman–Crippen LogP) is 5.81. The number of nitrogens with zero attached hydrogens (tertiary/aromatic N) is 1. The number of ether oxygens (including phenoxy) is 1. The molecule has 3 aromatic rings. The maximum absolute atomic E-state index is 13.0. The van der Waals surface area contributed by atoms with E-state index in [-0.39, 0.29) is 36.1 Å². The van der Waals surface area contributed by atoms with Crippen LogP contribution in [-0.4, -0.2) is 71.8 Å². The lowest BCUT2D eigenvalue weighted by Crippen LogP contribution is -2.40. The van der Waals surface area contributed by atoms with Crippen molar-refractivity contribution in [2.24, 2.45) is 0 Å². The fraction of sp³-hybridized carbons (Fsp3) is 0.412. The molecule has 0 radical (unpaired) electrons. The van der Waals surface area contributed by atoms with E-state index in [0.717, 1.165) is 22.3 Å². The van der Waals surface area contributed by atoms with Crippen molar-refractivity contribution in [1.29, 1.82) is 0 Å². The number of thioether (sulfide) groups is 1. The molecule has 0 saturated carbocycles. The Morgan fingerprint density at radius 2 is 1.62 bits per heavy atom. The lowest BCUT2D eigenvalue weighted by atomic mass is 10.0. The topological polar surface area (TPSA) is 133 Å². The Morgan fingerprint density at radius 3 is 2.22 bits per heavy atom. The van der Waals surface area contributed by atoms with Gasteiger partial charge in [-0.05, 0) is 68.0 Å². The average Bonchev–Trinajstić information content (AvgIpc) is 2.97. The minimum Gasteiger partial charge on any atom is -0.444 e. The number of hydrogen-bond donors (Lipinski definition) is 3. The van der Waals surface area contributed by atoms with Crippen LogP contribution < -0.4 is 4.72 Å². The smallest absolute Gasteiger partial charge is 0.410 e. The van der Waals surface area contributed by atoms with Gasteiger partial charge in [-0.3, -0.25) is 4.79 Å². The van der Waals surface area contributed by atoms with E-state index in [4.69, 9.17) is 9.84 Å². The van der Waals surface area contributed by atoms with Gasteiger partial charge in [-0.1, -0.05) is 74.5 Å². The van der Waals surface area contributed by atoms with Gasteiger partial charge in [-0.15, -0.1) is 11.8 Å². The fourth-order valence-corrected chi connectivity index (χ4v) is 6.44. The molecule has 3 aromatic carbocycles. The van der Waals surface area contributed by atoms with Crippen molar-refractivity contribution in [2.75, 3.05) is 25.4 Å². The molecule has 45 heavy (non-hydrogen) atoms. The number of rotatable bonds is 14. The zero-order valence-electron chi connectivity index (χ0n) is 26.5. The molecular weight excluding hydrogens is 613 g/mol. The van der Waals surface area contributed by atoms with Crippen LogP contribution in [0, 0.1) is 0 Å². The molecule has 244 valence electrons. The molecule has 0 fully saturated rings. The quantitative estimate of drug-likeness (QED) is 0.185. The third-order valence-corrected chi connectivity index (χ3v) is 8.98. The van der Waals surface area contributed by atoms with Gasteiger partial charge in [0.05, 0.1) is 24.0 Å². The lowest BCUT2D eigenvalue weighted by Gasteiger charge is -2.29. The first-order chi connectivity index (χ1) is 21.2. The first kappa shape index (κ1) is 36.1. The third-order valence-electron chi connectivity index (χ3n) is 6.60. The van der Waals surface area contributed by atoms with Crippen molar-refractivity contribution in [1.82, 2.24) is 9.62 Å². The van der Waals surface area contributed by atoms with Gasteiger partial charge in [-0.2, -0.15) is 0 Å². The molecule has 9 nitrogen and oxygen atoms in total. The molecule has 0 saturated heterocycles. The molecule has 3 N–H and O–H groups in total. The number of aliphatic hydroxyl groups is 2. The van der Waals surface area contributed by atoms with Gasteiger partial charge in [0, 0.05) is 23.3 Å². The highest BCUT2D eigenvalue weighted by molar-refractivity contribution is 8.00. The van der Waals surface area contributed by atoms with Gasteiger partial charge in [0.25, 0.3) is 5.91 Å². The van der Waals surface area contributed by atoms with E-state index in [0.29, 0.717) is 17.9 Å². The zero-order valence-corrected chi connectivity index (χ0v) is 28.2. The van der Waals surface area contributed by atoms with E-state index in [2.05, 4.69) is 4.72 Å². The van der Waals surface area contributed by atoms with Crippen LogP contribution in [0.4, 0.5) is 4.79 Å². The molecule has 0 heterocycles. The van der Waals surface area contributed by atoms with Gasteiger partial charge < -0.3 is 19.8 Å². The SMILES string of the molecule is CC(C)Sc1cc(-c2ccc(CCN(C[C@H](O)c3ccccc3)C(=O)OC(C)(C)C)cc2)ccc1C(=O)NS(=O)(=O)CCCO. The van der Waals surface area contributed by atoms with Gasteiger partial charge >= 0.3 is 6.09 Å². The van der Waals surface area contributed by atoms with Crippen molar-refractivity contribution in [3.63, 3.8) is 0 Å². The Morgan fingerprint density at radius 1 is 0.978 bits per heavy atom. The fourth-order valence-electron chi connectivity index (χ4n) is 4.44. The molecule has 11 heteroatoms. The second-order valence-corrected chi connectivity index (χ2v) is 15.5. The minimum atomic E-state index is -3.87. The number of carbonyl (C=O) groups excluding carboxylic acids is 2. The number of carbonyl (C=O) groups is 2. The van der Waals surface area contributed by atoms with Crippen LogP contribution in [0.5, 0.6) is 0 Å². The van der Waals surface area contributed by atoms with Crippen LogP contribution >= 0.6 is 11.8 Å². The Bertz CT molecular complexity index is 1520. The first-order valence-corrected chi connectivity index (χ1v) is 17.5. The first-order valence-electron chi connectivity index (χ1n) is 14.9. The highest BCUT2D eigenvalue weighted by atomic mass is 32.2. The molecule has 3 rings (SSSR count). The summed E-state index contributed by atoms with van der Waals surface area (Å²) in [5, 5.41) is 19.9. The van der Waals surface area contributed by atoms with Crippen LogP contribution in [0.2, 0.25) is 0 Å². The highest BCUT2D eigenvalue weighted by Crippen LogP contribution is 2.32. The number of benzene rings is 3. The van der Waals surface area contributed by atoms with E-state index in [1.807, 2.05) is 74.5 Å². The van der Waals surface area contributed by atoms with Crippen molar-refractivity contribution in [2.45, 2.75) is 69.3 Å². The van der Waals surface area contributed by atoms with E-state index < -0.39 is 33.7 Å². The average molecular weight is 657 g/mol. The summed E-state index contributed by atoms with van der Waals surface area (Å²) < 4.78 is 32.2. The van der Waals surface area contributed by atoms with Crippen molar-refractivity contribution >= 4 is 33.8 Å². The number of nitrogens with one attached hydrogen (secondary N) is 1. The second-order valence-electron chi connectivity index (χ2n) is 12.0. The van der Waals surface area contributed by atoms with Gasteiger partial charge in [0.2, 0.25) is 10.0 Å². The molecular formula is C34H44N2O7S2. The summed E-state index contributed by atoms with van der Waals surface area (Å²) in [5.74, 6) is -1.04. The van der Waals surface area contributed by atoms with Gasteiger partial charge in [0.1, 0.15) is 5.60 Å². The zero-order chi connectivity index (χ0) is 33.2. The molecule has 0 aromatic heterocycles. The molecule has 0 aliphatic carbocycles. The van der Waals surface area contributed by atoms with Crippen LogP contribution in [0.15, 0.2) is 77.7 Å². The third kappa shape index (κ3) is 11.8. The number of sulfonamides is 1. The Balaban J connectivity index is 1.76. The van der Waals surface area contributed by atoms with Crippen LogP contribution in [0.3, 0.4) is 0 Å². The van der Waals surface area contributed by atoms with Crippen molar-refractivity contribution in [3.8, 4) is 11.1 Å². The van der Waals surface area contributed by atoms with Gasteiger partial charge in [0.15, 0.2) is 0 Å². The van der Waals surface area contributed by atoms with Crippen LogP contribution in [0.1, 0.15) is 68.6 Å². The predicted molar refractivity (Wildman–Crippen MR) is 179 cm³/mol. The van der Waals surface area contributed by atoms with Crippen LogP contribution in [-0.2, 0) is 21.2 Å². The summed E-state index contributed by atoms with van der Waals surface area (Å²) in [7, 11) is -3.87. The standard InChI is InChI=1S/C34H44N2O7S2/c1-24(2)44-31-22-28(16-17-29(31)32(39)35-45(41,42)21-9-20-37)26-14-12-25(13-15-26)18-19-36(33(40)43-34(3,4)5)23-30(38)27-10-7-6-8-11-27/h6-8,10-17,22,24,30,37-38H,9,18-21,23H2,1-5H3,(H,35,39)/t30-/m0/s1. The number of aliphatic hydroxyl groups excluding tert-OH is 2. The molecule has 1 atom stereocenters. The summed E-state index contributed by atoms with van der Waals surface area (Å²) in [6, 6.07) is 22.4. The minimum absolute atomic E-state index is 0.0415. The summed E-state index contributed by atoms with van der Waals surface area (Å²) in [6.45, 7) is 9.56. The maximum Gasteiger partial charge on any atom is 0.410 e. The van der Waals surface area contributed by atoms with E-state index in [1.54, 1.807) is 32.9 Å². The monoisotopic (exact) mass is 656 g/mol. The molecule has 0 aliphatic heterocycles. The number of amides is 2. The van der Waals surface area contributed by atoms with Gasteiger partial charge in [-0.25, -0.2) is 17.9 Å². The summed E-state index contributed by atoms with van der Waals surface area (Å²) in [4.78, 5) is 28.1. The Kier molecular flexibility index (Phi) is 13.0. The summed E-state index contributed by atoms with van der Waals surface area (Å²) in [6.07, 6.45) is -0.765. The molecule has 0 bridgehead atoms. The second kappa shape index (κ2) is 16.3. The lowest BCUT2D eigenvalue weighted by molar-refractivity contribution is 0.0147. The van der Waals surface area contributed by atoms with Crippen LogP contribution in [0.25, 0.3) is 11.1 Å². The largest absolute Gasteiger partial charge is 0.444 e. The molecule has 0 spiro atoms. The number of hydrogen-bond acceptors (Lipinski definition) is 8. The highest BCUT2D eigenvalue weighted by Gasteiger charge is 2.25. The van der Waals surface area contributed by atoms with E-state index in [9.17, 15) is 23.1 Å². The van der Waals surface area contributed by atoms with Crippen molar-refractivity contribution < 1.29 is 33.0 Å². The van der Waals surface area contributed by atoms with E-state index >= 15 is 0 Å². The van der Waals surface area contributed by atoms with Crippen molar-refractivity contribution in [3.05, 3.63) is 89.5 Å². The Labute approximate surface area is 271 Å². The van der Waals surface area contributed by atoms with E-state index in [1.165, 1.54) is 16.7 Å². The summed E-state index contributed by atoms with van der Waals surface area (Å²) >= 11 is 1.46.